The van der Waals surface area contributed by atoms with E-state index in [2.05, 4.69) is 4.98 Å². The summed E-state index contributed by atoms with van der Waals surface area (Å²) >= 11 is 0. The summed E-state index contributed by atoms with van der Waals surface area (Å²) < 4.78 is 10.4. The van der Waals surface area contributed by atoms with Gasteiger partial charge in [0.1, 0.15) is 5.92 Å². The van der Waals surface area contributed by atoms with Crippen LogP contribution in [0.5, 0.6) is 0 Å². The summed E-state index contributed by atoms with van der Waals surface area (Å²) in [5.41, 5.74) is -0.0498. The molecule has 0 aliphatic carbocycles. The van der Waals surface area contributed by atoms with Crippen molar-refractivity contribution in [3.05, 3.63) is 30.3 Å². The topological polar surface area (TPSA) is 72.6 Å². The first-order valence-corrected chi connectivity index (χ1v) is 6.15. The molecule has 0 fully saturated rings. The van der Waals surface area contributed by atoms with E-state index in [1.165, 1.54) is 6.26 Å². The number of hydrogen-bond donors (Lipinski definition) is 1. The molecule has 0 bridgehead atoms. The average Bonchev–Trinajstić information content (AvgIpc) is 2.72. The van der Waals surface area contributed by atoms with Crippen LogP contribution in [0.4, 0.5) is 0 Å². The third-order valence-corrected chi connectivity index (χ3v) is 2.95. The van der Waals surface area contributed by atoms with Gasteiger partial charge in [0.05, 0.1) is 24.7 Å². The van der Waals surface area contributed by atoms with Crippen molar-refractivity contribution in [2.45, 2.75) is 32.3 Å². The number of carbonyl (C=O) groups excluding carboxylic acids is 1. The third-order valence-electron chi connectivity index (χ3n) is 2.95. The zero-order valence-electron chi connectivity index (χ0n) is 11.2. The Morgan fingerprint density at radius 2 is 2.32 bits per heavy atom. The van der Waals surface area contributed by atoms with Crippen LogP contribution in [-0.2, 0) is 9.53 Å². The monoisotopic (exact) mass is 263 g/mol. The molecule has 1 N–H and O–H groups in total. The van der Waals surface area contributed by atoms with E-state index in [4.69, 9.17) is 9.15 Å². The molecule has 1 unspecified atom stereocenters. The normalized spacial score (nSPS) is 13.5. The Kier molecular flexibility index (Phi) is 3.57. The summed E-state index contributed by atoms with van der Waals surface area (Å²) in [7, 11) is 0. The summed E-state index contributed by atoms with van der Waals surface area (Å²) in [6.45, 7) is 5.16. The molecule has 0 amide bonds. The first kappa shape index (κ1) is 13.5. The molecule has 2 aromatic rings. The minimum atomic E-state index is -1.24. The fraction of sp³-hybridized carbons (Fsp3) is 0.429. The molecule has 2 heterocycles. The van der Waals surface area contributed by atoms with E-state index in [1.807, 2.05) is 0 Å². The molecule has 5 nitrogen and oxygen atoms in total. The number of hydrogen-bond acceptors (Lipinski definition) is 5. The highest BCUT2D eigenvalue weighted by Gasteiger charge is 2.38. The molecular formula is C14H17NO4. The zero-order valence-corrected chi connectivity index (χ0v) is 11.2. The molecule has 0 saturated heterocycles. The Morgan fingerprint density at radius 1 is 1.58 bits per heavy atom. The summed E-state index contributed by atoms with van der Waals surface area (Å²) in [5.74, 6) is -1.26. The van der Waals surface area contributed by atoms with Crippen LogP contribution in [0.1, 0.15) is 32.3 Å². The Labute approximate surface area is 111 Å². The van der Waals surface area contributed by atoms with Crippen LogP contribution in [0.15, 0.2) is 29.1 Å². The van der Waals surface area contributed by atoms with E-state index in [0.29, 0.717) is 11.1 Å². The number of aliphatic hydroxyl groups is 1. The number of furan rings is 1. The molecule has 0 radical (unpaired) electrons. The molecule has 0 aliphatic rings. The van der Waals surface area contributed by atoms with E-state index < -0.39 is 17.5 Å². The lowest BCUT2D eigenvalue weighted by Gasteiger charge is -2.26. The van der Waals surface area contributed by atoms with E-state index >= 15 is 0 Å². The van der Waals surface area contributed by atoms with Crippen molar-refractivity contribution in [2.75, 3.05) is 6.61 Å². The van der Waals surface area contributed by atoms with E-state index in [0.717, 1.165) is 5.39 Å². The number of fused-ring (bicyclic) bond motifs is 1. The summed E-state index contributed by atoms with van der Waals surface area (Å²) in [6.07, 6.45) is 4.67. The fourth-order valence-electron chi connectivity index (χ4n) is 2.15. The number of carbonyl (C=O) groups is 1. The molecule has 102 valence electrons. The van der Waals surface area contributed by atoms with Crippen molar-refractivity contribution in [1.82, 2.24) is 4.98 Å². The van der Waals surface area contributed by atoms with E-state index in [9.17, 15) is 9.90 Å². The molecule has 0 saturated carbocycles. The molecule has 2 aromatic heterocycles. The van der Waals surface area contributed by atoms with E-state index in [1.54, 1.807) is 39.2 Å². The summed E-state index contributed by atoms with van der Waals surface area (Å²) in [6, 6.07) is 1.76. The predicted octanol–water partition coefficient (Wildman–Crippen LogP) is 2.25. The van der Waals surface area contributed by atoms with Crippen molar-refractivity contribution in [1.29, 1.82) is 0 Å². The zero-order chi connectivity index (χ0) is 14.0. The van der Waals surface area contributed by atoms with Gasteiger partial charge in [0.25, 0.3) is 0 Å². The van der Waals surface area contributed by atoms with Gasteiger partial charge >= 0.3 is 5.97 Å². The smallest absolute Gasteiger partial charge is 0.316 e. The van der Waals surface area contributed by atoms with Gasteiger partial charge in [0.2, 0.25) is 0 Å². The SMILES string of the molecule is CCOC(=O)C(c1coc2cnccc12)C(C)(C)O. The lowest BCUT2D eigenvalue weighted by Crippen LogP contribution is -2.35. The number of nitrogens with zero attached hydrogens (tertiary/aromatic N) is 1. The molecule has 1 atom stereocenters. The van der Waals surface area contributed by atoms with Crippen molar-refractivity contribution in [3.8, 4) is 0 Å². The third kappa shape index (κ3) is 2.61. The van der Waals surface area contributed by atoms with Crippen molar-refractivity contribution < 1.29 is 19.1 Å². The Balaban J connectivity index is 2.52. The number of rotatable bonds is 4. The van der Waals surface area contributed by atoms with Gasteiger partial charge in [-0.25, -0.2) is 0 Å². The second kappa shape index (κ2) is 5.01. The minimum Gasteiger partial charge on any atom is -0.465 e. The molecule has 0 aromatic carbocycles. The van der Waals surface area contributed by atoms with Gasteiger partial charge in [-0.3, -0.25) is 9.78 Å². The first-order valence-electron chi connectivity index (χ1n) is 6.15. The summed E-state index contributed by atoms with van der Waals surface area (Å²) in [4.78, 5) is 16.0. The Morgan fingerprint density at radius 3 is 2.95 bits per heavy atom. The van der Waals surface area contributed by atoms with Crippen LogP contribution in [0, 0.1) is 0 Å². The van der Waals surface area contributed by atoms with Gasteiger partial charge in [-0.05, 0) is 26.8 Å². The first-order chi connectivity index (χ1) is 8.95. The van der Waals surface area contributed by atoms with Crippen LogP contribution in [-0.4, -0.2) is 28.3 Å². The van der Waals surface area contributed by atoms with Crippen molar-refractivity contribution in [2.24, 2.45) is 0 Å². The van der Waals surface area contributed by atoms with E-state index in [-0.39, 0.29) is 6.61 Å². The molecule has 0 aliphatic heterocycles. The van der Waals surface area contributed by atoms with Gasteiger partial charge in [-0.1, -0.05) is 0 Å². The highest BCUT2D eigenvalue weighted by Crippen LogP contribution is 2.35. The van der Waals surface area contributed by atoms with Gasteiger partial charge in [0, 0.05) is 17.1 Å². The van der Waals surface area contributed by atoms with Crippen LogP contribution < -0.4 is 0 Å². The fourth-order valence-corrected chi connectivity index (χ4v) is 2.15. The quantitative estimate of drug-likeness (QED) is 0.856. The highest BCUT2D eigenvalue weighted by molar-refractivity contribution is 5.89. The number of aromatic nitrogens is 1. The minimum absolute atomic E-state index is 0.267. The van der Waals surface area contributed by atoms with Crippen molar-refractivity contribution >= 4 is 16.9 Å². The van der Waals surface area contributed by atoms with Gasteiger partial charge in [-0.2, -0.15) is 0 Å². The molecule has 2 rings (SSSR count). The molecule has 0 spiro atoms. The molecule has 19 heavy (non-hydrogen) atoms. The lowest BCUT2D eigenvalue weighted by atomic mass is 9.85. The van der Waals surface area contributed by atoms with Crippen LogP contribution in [0.2, 0.25) is 0 Å². The highest BCUT2D eigenvalue weighted by atomic mass is 16.5. The number of ether oxygens (including phenoxy) is 1. The molecular weight excluding hydrogens is 246 g/mol. The van der Waals surface area contributed by atoms with Crippen LogP contribution >= 0.6 is 0 Å². The molecule has 5 heteroatoms. The second-order valence-electron chi connectivity index (χ2n) is 4.90. The van der Waals surface area contributed by atoms with Crippen LogP contribution in [0.3, 0.4) is 0 Å². The predicted molar refractivity (Wildman–Crippen MR) is 69.7 cm³/mol. The lowest BCUT2D eigenvalue weighted by molar-refractivity contribution is -0.150. The number of esters is 1. The van der Waals surface area contributed by atoms with Crippen LogP contribution in [0.25, 0.3) is 11.0 Å². The van der Waals surface area contributed by atoms with Crippen molar-refractivity contribution in [3.63, 3.8) is 0 Å². The Bertz CT molecular complexity index is 582. The maximum Gasteiger partial charge on any atom is 0.316 e. The van der Waals surface area contributed by atoms with Gasteiger partial charge in [0.15, 0.2) is 5.58 Å². The maximum atomic E-state index is 12.1. The largest absolute Gasteiger partial charge is 0.465 e. The standard InChI is InChI=1S/C14H17NO4/c1-4-18-13(16)12(14(2,3)17)10-8-19-11-7-15-6-5-9(10)11/h5-8,12,17H,4H2,1-3H3. The Hall–Kier alpha value is -1.88. The second-order valence-corrected chi connectivity index (χ2v) is 4.90. The maximum absolute atomic E-state index is 12.1. The van der Waals surface area contributed by atoms with Gasteiger partial charge < -0.3 is 14.3 Å². The average molecular weight is 263 g/mol. The van der Waals surface area contributed by atoms with Gasteiger partial charge in [-0.15, -0.1) is 0 Å². The number of pyridine rings is 1. The summed E-state index contributed by atoms with van der Waals surface area (Å²) in [5, 5.41) is 11.0.